The van der Waals surface area contributed by atoms with Gasteiger partial charge in [-0.25, -0.2) is 0 Å². The van der Waals surface area contributed by atoms with E-state index in [0.717, 1.165) is 0 Å². The van der Waals surface area contributed by atoms with Gasteiger partial charge in [0.15, 0.2) is 17.3 Å². The first-order valence-corrected chi connectivity index (χ1v) is 4.53. The van der Waals surface area contributed by atoms with Gasteiger partial charge < -0.3 is 25.2 Å². The fourth-order valence-electron chi connectivity index (χ4n) is 1.13. The zero-order chi connectivity index (χ0) is 12.0. The summed E-state index contributed by atoms with van der Waals surface area (Å²) in [4.78, 5) is 0. The fourth-order valence-corrected chi connectivity index (χ4v) is 1.13. The molecule has 88 valence electrons. The van der Waals surface area contributed by atoms with Crippen LogP contribution in [-0.4, -0.2) is 31.9 Å². The van der Waals surface area contributed by atoms with Crippen molar-refractivity contribution < 1.29 is 19.4 Å². The summed E-state index contributed by atoms with van der Waals surface area (Å²) < 4.78 is 15.5. The van der Waals surface area contributed by atoms with E-state index < -0.39 is 0 Å². The highest BCUT2D eigenvalue weighted by Crippen LogP contribution is 2.36. The van der Waals surface area contributed by atoms with E-state index in [1.54, 1.807) is 18.2 Å². The van der Waals surface area contributed by atoms with Gasteiger partial charge in [0, 0.05) is 0 Å². The molecule has 0 bridgehead atoms. The number of hydrogen-bond donors (Lipinski definition) is 2. The lowest BCUT2D eigenvalue weighted by Crippen LogP contribution is -2.21. The number of benzene rings is 1. The van der Waals surface area contributed by atoms with Gasteiger partial charge in [-0.05, 0) is 12.1 Å². The minimum absolute atomic E-state index is 0.0343. The summed E-state index contributed by atoms with van der Waals surface area (Å²) in [6, 6.07) is 5.22. The number of ether oxygens (including phenoxy) is 3. The Bertz CT molecular complexity index is 357. The van der Waals surface area contributed by atoms with Gasteiger partial charge in [0.2, 0.25) is 5.75 Å². The van der Waals surface area contributed by atoms with Crippen LogP contribution in [0.4, 0.5) is 0 Å². The van der Waals surface area contributed by atoms with Crippen LogP contribution in [0.3, 0.4) is 0 Å². The Morgan fingerprint density at radius 3 is 2.31 bits per heavy atom. The molecule has 0 aliphatic rings. The van der Waals surface area contributed by atoms with Crippen LogP contribution in [0.25, 0.3) is 0 Å². The van der Waals surface area contributed by atoms with Crippen LogP contribution in [0.15, 0.2) is 23.4 Å². The minimum Gasteiger partial charge on any atom is -0.493 e. The number of hydrogen-bond acceptors (Lipinski definition) is 5. The molecular formula is C10H14N2O4. The predicted molar refractivity (Wildman–Crippen MR) is 58.4 cm³/mol. The molecule has 1 aromatic carbocycles. The summed E-state index contributed by atoms with van der Waals surface area (Å²) >= 11 is 0. The average Bonchev–Trinajstić information content (AvgIpc) is 2.35. The van der Waals surface area contributed by atoms with E-state index in [-0.39, 0.29) is 12.4 Å². The summed E-state index contributed by atoms with van der Waals surface area (Å²) in [6.07, 6.45) is 0. The van der Waals surface area contributed by atoms with Crippen molar-refractivity contribution in [2.24, 2.45) is 10.9 Å². The van der Waals surface area contributed by atoms with Gasteiger partial charge in [0.1, 0.15) is 6.61 Å². The third kappa shape index (κ3) is 2.69. The average molecular weight is 226 g/mol. The lowest BCUT2D eigenvalue weighted by atomic mass is 10.3. The van der Waals surface area contributed by atoms with E-state index in [0.29, 0.717) is 17.2 Å². The molecule has 0 unspecified atom stereocenters. The maximum absolute atomic E-state index is 8.39. The van der Waals surface area contributed by atoms with Crippen molar-refractivity contribution in [1.82, 2.24) is 0 Å². The summed E-state index contributed by atoms with van der Waals surface area (Å²) in [5, 5.41) is 11.2. The van der Waals surface area contributed by atoms with Crippen LogP contribution in [0.1, 0.15) is 0 Å². The molecule has 1 rings (SSSR count). The molecule has 0 spiro atoms. The fraction of sp³-hybridized carbons (Fsp3) is 0.300. The molecular weight excluding hydrogens is 212 g/mol. The van der Waals surface area contributed by atoms with E-state index in [1.807, 2.05) is 0 Å². The number of nitrogens with two attached hydrogens (primary N) is 1. The molecule has 0 aliphatic carbocycles. The molecule has 1 aromatic rings. The smallest absolute Gasteiger partial charge is 0.203 e. The highest BCUT2D eigenvalue weighted by atomic mass is 16.5. The normalized spacial score (nSPS) is 11.0. The number of amidine groups is 1. The summed E-state index contributed by atoms with van der Waals surface area (Å²) in [5.41, 5.74) is 5.30. The topological polar surface area (TPSA) is 86.3 Å². The Morgan fingerprint density at radius 1 is 1.31 bits per heavy atom. The molecule has 3 N–H and O–H groups in total. The van der Waals surface area contributed by atoms with Crippen molar-refractivity contribution in [3.05, 3.63) is 18.2 Å². The highest BCUT2D eigenvalue weighted by Gasteiger charge is 2.11. The van der Waals surface area contributed by atoms with Crippen LogP contribution >= 0.6 is 0 Å². The first kappa shape index (κ1) is 12.0. The minimum atomic E-state index is -0.0484. The summed E-state index contributed by atoms with van der Waals surface area (Å²) in [5.74, 6) is 1.42. The molecule has 0 aliphatic heterocycles. The largest absolute Gasteiger partial charge is 0.493 e. The molecule has 0 heterocycles. The number of para-hydroxylation sites is 1. The maximum atomic E-state index is 8.39. The number of nitrogens with zero attached hydrogens (tertiary/aromatic N) is 1. The molecule has 0 aromatic heterocycles. The first-order chi connectivity index (χ1) is 7.72. The first-order valence-electron chi connectivity index (χ1n) is 4.53. The van der Waals surface area contributed by atoms with Crippen molar-refractivity contribution in [2.45, 2.75) is 0 Å². The van der Waals surface area contributed by atoms with Crippen LogP contribution < -0.4 is 19.9 Å². The second-order valence-electron chi connectivity index (χ2n) is 2.87. The standard InChI is InChI=1S/C10H14N2O4/c1-14-7-4-3-5-8(15-2)10(7)16-6-9(11)12-13/h3-5,13H,6H2,1-2H3,(H2,11,12). The quantitative estimate of drug-likeness (QED) is 0.336. The van der Waals surface area contributed by atoms with Gasteiger partial charge in [-0.1, -0.05) is 11.2 Å². The molecule has 6 nitrogen and oxygen atoms in total. The third-order valence-electron chi connectivity index (χ3n) is 1.88. The molecule has 0 amide bonds. The maximum Gasteiger partial charge on any atom is 0.203 e. The summed E-state index contributed by atoms with van der Waals surface area (Å²) in [6.45, 7) is -0.0484. The monoisotopic (exact) mass is 226 g/mol. The molecule has 0 fully saturated rings. The van der Waals surface area contributed by atoms with Crippen molar-refractivity contribution in [1.29, 1.82) is 0 Å². The molecule has 0 radical (unpaired) electrons. The second kappa shape index (κ2) is 5.69. The van der Waals surface area contributed by atoms with Crippen molar-refractivity contribution >= 4 is 5.84 Å². The SMILES string of the molecule is COc1cccc(OC)c1OC/C(N)=N/O. The van der Waals surface area contributed by atoms with Crippen LogP contribution in [0.2, 0.25) is 0 Å². The molecule has 6 heteroatoms. The van der Waals surface area contributed by atoms with E-state index in [1.165, 1.54) is 14.2 Å². The van der Waals surface area contributed by atoms with Gasteiger partial charge in [-0.15, -0.1) is 0 Å². The summed E-state index contributed by atoms with van der Waals surface area (Å²) in [7, 11) is 3.04. The number of rotatable bonds is 5. The number of methoxy groups -OCH3 is 2. The Morgan fingerprint density at radius 2 is 1.88 bits per heavy atom. The van der Waals surface area contributed by atoms with Crippen molar-refractivity contribution in [3.63, 3.8) is 0 Å². The van der Waals surface area contributed by atoms with Gasteiger partial charge in [0.05, 0.1) is 14.2 Å². The molecule has 0 saturated carbocycles. The van der Waals surface area contributed by atoms with E-state index in [9.17, 15) is 0 Å². The van der Waals surface area contributed by atoms with E-state index in [2.05, 4.69) is 5.16 Å². The van der Waals surface area contributed by atoms with Gasteiger partial charge in [0.25, 0.3) is 0 Å². The third-order valence-corrected chi connectivity index (χ3v) is 1.88. The van der Waals surface area contributed by atoms with Crippen LogP contribution in [0, 0.1) is 0 Å². The van der Waals surface area contributed by atoms with Gasteiger partial charge >= 0.3 is 0 Å². The zero-order valence-electron chi connectivity index (χ0n) is 9.14. The molecule has 16 heavy (non-hydrogen) atoms. The Labute approximate surface area is 93.2 Å². The Hall–Kier alpha value is -2.11. The Balaban J connectivity index is 2.91. The van der Waals surface area contributed by atoms with Crippen LogP contribution in [0.5, 0.6) is 17.2 Å². The zero-order valence-corrected chi connectivity index (χ0v) is 9.14. The molecule has 0 saturated heterocycles. The molecule has 0 atom stereocenters. The van der Waals surface area contributed by atoms with E-state index >= 15 is 0 Å². The van der Waals surface area contributed by atoms with E-state index in [4.69, 9.17) is 25.2 Å². The van der Waals surface area contributed by atoms with Crippen LogP contribution in [-0.2, 0) is 0 Å². The lowest BCUT2D eigenvalue weighted by molar-refractivity contribution is 0.290. The van der Waals surface area contributed by atoms with Gasteiger partial charge in [-0.3, -0.25) is 0 Å². The van der Waals surface area contributed by atoms with Crippen molar-refractivity contribution in [3.8, 4) is 17.2 Å². The highest BCUT2D eigenvalue weighted by molar-refractivity contribution is 5.81. The number of oxime groups is 1. The second-order valence-corrected chi connectivity index (χ2v) is 2.87. The Kier molecular flexibility index (Phi) is 4.26. The predicted octanol–water partition coefficient (Wildman–Crippen LogP) is 0.829. The lowest BCUT2D eigenvalue weighted by Gasteiger charge is -2.13. The van der Waals surface area contributed by atoms with Gasteiger partial charge in [-0.2, -0.15) is 0 Å². The van der Waals surface area contributed by atoms with Crippen molar-refractivity contribution in [2.75, 3.05) is 20.8 Å².